The van der Waals surface area contributed by atoms with Crippen LogP contribution in [0.25, 0.3) is 0 Å². The van der Waals surface area contributed by atoms with Gasteiger partial charge in [-0.15, -0.1) is 0 Å². The maximum atomic E-state index is 12.5. The average molecular weight is 330 g/mol. The molecule has 0 radical (unpaired) electrons. The van der Waals surface area contributed by atoms with E-state index in [4.69, 9.17) is 23.1 Å². The number of sulfonamides is 1. The van der Waals surface area contributed by atoms with E-state index in [0.717, 1.165) is 0 Å². The van der Waals surface area contributed by atoms with Crippen molar-refractivity contribution in [1.82, 2.24) is 4.31 Å². The highest BCUT2D eigenvalue weighted by Gasteiger charge is 2.24. The molecule has 0 bridgehead atoms. The summed E-state index contributed by atoms with van der Waals surface area (Å²) in [6.07, 6.45) is 0.428. The Kier molecular flexibility index (Phi) is 6.73. The van der Waals surface area contributed by atoms with Crippen LogP contribution >= 0.6 is 12.2 Å². The molecule has 5 nitrogen and oxygen atoms in total. The van der Waals surface area contributed by atoms with Gasteiger partial charge in [-0.3, -0.25) is 0 Å². The van der Waals surface area contributed by atoms with Crippen LogP contribution in [0, 0.1) is 0 Å². The summed E-state index contributed by atoms with van der Waals surface area (Å²) in [5.74, 6) is -0.0752. The van der Waals surface area contributed by atoms with Crippen molar-refractivity contribution in [3.8, 4) is 0 Å². The lowest BCUT2D eigenvalue weighted by molar-refractivity contribution is 0.258. The highest BCUT2D eigenvalue weighted by atomic mass is 32.2. The smallest absolute Gasteiger partial charge is 0.218 e. The second kappa shape index (κ2) is 7.84. The van der Waals surface area contributed by atoms with E-state index < -0.39 is 10.0 Å². The van der Waals surface area contributed by atoms with Crippen LogP contribution in [0.3, 0.4) is 0 Å². The molecule has 0 heterocycles. The summed E-state index contributed by atoms with van der Waals surface area (Å²) in [4.78, 5) is 0.288. The highest BCUT2D eigenvalue weighted by Crippen LogP contribution is 2.15. The first kappa shape index (κ1) is 18.0. The van der Waals surface area contributed by atoms with Gasteiger partial charge in [0.1, 0.15) is 4.99 Å². The molecule has 21 heavy (non-hydrogen) atoms. The third-order valence-corrected chi connectivity index (χ3v) is 5.31. The lowest BCUT2D eigenvalue weighted by Gasteiger charge is -2.25. The second-order valence-corrected chi connectivity index (χ2v) is 7.46. The van der Waals surface area contributed by atoms with Crippen LogP contribution in [0.1, 0.15) is 31.4 Å². The molecule has 0 aliphatic carbocycles. The van der Waals surface area contributed by atoms with Crippen LogP contribution in [0.5, 0.6) is 0 Å². The first-order valence-electron chi connectivity index (χ1n) is 6.77. The molecule has 1 aromatic rings. The van der Waals surface area contributed by atoms with Crippen molar-refractivity contribution in [3.63, 3.8) is 0 Å². The van der Waals surface area contributed by atoms with Crippen molar-refractivity contribution >= 4 is 27.2 Å². The van der Waals surface area contributed by atoms with E-state index in [2.05, 4.69) is 0 Å². The SMILES string of the molecule is CC(C)N(CCCO)S(=O)(=O)Cc1ccc(C(N)=S)cc1. The van der Waals surface area contributed by atoms with Gasteiger partial charge in [0, 0.05) is 24.8 Å². The number of thiocarbonyl (C=S) groups is 1. The fourth-order valence-electron chi connectivity index (χ4n) is 2.00. The van der Waals surface area contributed by atoms with Gasteiger partial charge in [0.05, 0.1) is 5.75 Å². The Morgan fingerprint density at radius 3 is 2.33 bits per heavy atom. The predicted octanol–water partition coefficient (Wildman–Crippen LogP) is 1.24. The zero-order valence-electron chi connectivity index (χ0n) is 12.3. The van der Waals surface area contributed by atoms with E-state index in [1.54, 1.807) is 24.3 Å². The maximum Gasteiger partial charge on any atom is 0.218 e. The summed E-state index contributed by atoms with van der Waals surface area (Å²) in [7, 11) is -3.42. The molecule has 0 saturated carbocycles. The van der Waals surface area contributed by atoms with Crippen molar-refractivity contribution in [3.05, 3.63) is 35.4 Å². The van der Waals surface area contributed by atoms with Gasteiger partial charge in [0.25, 0.3) is 0 Å². The lowest BCUT2D eigenvalue weighted by Crippen LogP contribution is -2.38. The minimum absolute atomic E-state index is 0.0264. The second-order valence-electron chi connectivity index (χ2n) is 5.10. The van der Waals surface area contributed by atoms with Crippen molar-refractivity contribution in [2.45, 2.75) is 32.1 Å². The summed E-state index contributed by atoms with van der Waals surface area (Å²) in [5, 5.41) is 8.89. The fourth-order valence-corrected chi connectivity index (χ4v) is 3.97. The summed E-state index contributed by atoms with van der Waals surface area (Å²) >= 11 is 4.87. The number of nitrogens with two attached hydrogens (primary N) is 1. The summed E-state index contributed by atoms with van der Waals surface area (Å²) in [6, 6.07) is 6.74. The van der Waals surface area contributed by atoms with Gasteiger partial charge in [-0.25, -0.2) is 8.42 Å². The Bertz CT molecular complexity index is 568. The van der Waals surface area contributed by atoms with Crippen LogP contribution < -0.4 is 5.73 Å². The zero-order valence-corrected chi connectivity index (χ0v) is 14.0. The normalized spacial score (nSPS) is 12.0. The van der Waals surface area contributed by atoms with Gasteiger partial charge < -0.3 is 10.8 Å². The van der Waals surface area contributed by atoms with Crippen molar-refractivity contribution in [2.75, 3.05) is 13.2 Å². The topological polar surface area (TPSA) is 83.6 Å². The Balaban J connectivity index is 2.89. The predicted molar refractivity (Wildman–Crippen MR) is 88.5 cm³/mol. The highest BCUT2D eigenvalue weighted by molar-refractivity contribution is 7.88. The molecule has 1 rings (SSSR count). The molecule has 0 aliphatic rings. The van der Waals surface area contributed by atoms with Gasteiger partial charge in [0.2, 0.25) is 10.0 Å². The quantitative estimate of drug-likeness (QED) is 0.701. The molecule has 3 N–H and O–H groups in total. The number of nitrogens with zero attached hydrogens (tertiary/aromatic N) is 1. The number of aliphatic hydroxyl groups excluding tert-OH is 1. The van der Waals surface area contributed by atoms with E-state index in [1.807, 2.05) is 13.8 Å². The molecule has 118 valence electrons. The molecule has 1 aromatic carbocycles. The van der Waals surface area contributed by atoms with Crippen LogP contribution in [0.15, 0.2) is 24.3 Å². The third kappa shape index (κ3) is 5.35. The standard InChI is InChI=1S/C14H22N2O3S2/c1-11(2)16(8-3-9-17)21(18,19)10-12-4-6-13(7-5-12)14(15)20/h4-7,11,17H,3,8-10H2,1-2H3,(H2,15,20). The number of hydrogen-bond donors (Lipinski definition) is 2. The Labute approximate surface area is 131 Å². The lowest BCUT2D eigenvalue weighted by atomic mass is 10.1. The Morgan fingerprint density at radius 1 is 1.33 bits per heavy atom. The van der Waals surface area contributed by atoms with Gasteiger partial charge >= 0.3 is 0 Å². The third-order valence-electron chi connectivity index (χ3n) is 3.06. The molecule has 7 heteroatoms. The van der Waals surface area contributed by atoms with E-state index in [1.165, 1.54) is 4.31 Å². The molecule has 0 aromatic heterocycles. The largest absolute Gasteiger partial charge is 0.396 e. The number of aliphatic hydroxyl groups is 1. The summed E-state index contributed by atoms with van der Waals surface area (Å²) < 4.78 is 26.3. The number of hydrogen-bond acceptors (Lipinski definition) is 4. The van der Waals surface area contributed by atoms with Gasteiger partial charge in [-0.2, -0.15) is 4.31 Å². The molecule has 0 spiro atoms. The van der Waals surface area contributed by atoms with Crippen LogP contribution in [-0.4, -0.2) is 42.0 Å². The monoisotopic (exact) mass is 330 g/mol. The zero-order chi connectivity index (χ0) is 16.0. The molecule has 0 fully saturated rings. The van der Waals surface area contributed by atoms with Crippen LogP contribution in [0.4, 0.5) is 0 Å². The van der Waals surface area contributed by atoms with Crippen LogP contribution in [0.2, 0.25) is 0 Å². The molecule has 0 atom stereocenters. The molecular weight excluding hydrogens is 308 g/mol. The fraction of sp³-hybridized carbons (Fsp3) is 0.500. The first-order valence-corrected chi connectivity index (χ1v) is 8.79. The van der Waals surface area contributed by atoms with Gasteiger partial charge in [-0.1, -0.05) is 36.5 Å². The Hall–Kier alpha value is -1.02. The minimum atomic E-state index is -3.42. The van der Waals surface area contributed by atoms with E-state index >= 15 is 0 Å². The van der Waals surface area contributed by atoms with Gasteiger partial charge in [-0.05, 0) is 25.8 Å². The first-order chi connectivity index (χ1) is 9.77. The number of rotatable bonds is 8. The molecule has 0 unspecified atom stereocenters. The summed E-state index contributed by atoms with van der Waals surface area (Å²) in [6.45, 7) is 3.94. The minimum Gasteiger partial charge on any atom is -0.396 e. The Morgan fingerprint density at radius 2 is 1.90 bits per heavy atom. The van der Waals surface area contributed by atoms with E-state index in [9.17, 15) is 8.42 Å². The molecule has 0 amide bonds. The van der Waals surface area contributed by atoms with Crippen molar-refractivity contribution < 1.29 is 13.5 Å². The maximum absolute atomic E-state index is 12.5. The number of benzene rings is 1. The van der Waals surface area contributed by atoms with Crippen LogP contribution in [-0.2, 0) is 15.8 Å². The van der Waals surface area contributed by atoms with Crippen molar-refractivity contribution in [2.24, 2.45) is 5.73 Å². The van der Waals surface area contributed by atoms with E-state index in [-0.39, 0.29) is 23.4 Å². The molecule has 0 saturated heterocycles. The van der Waals surface area contributed by atoms with Crippen molar-refractivity contribution in [1.29, 1.82) is 0 Å². The molecule has 0 aliphatic heterocycles. The average Bonchev–Trinajstić information content (AvgIpc) is 2.38. The summed E-state index contributed by atoms with van der Waals surface area (Å²) in [5.41, 5.74) is 6.91. The molecular formula is C14H22N2O3S2. The van der Waals surface area contributed by atoms with Gasteiger partial charge in [0.15, 0.2) is 0 Å². The van der Waals surface area contributed by atoms with E-state index in [0.29, 0.717) is 24.1 Å².